The van der Waals surface area contributed by atoms with Crippen LogP contribution in [0.4, 0.5) is 0 Å². The van der Waals surface area contributed by atoms with Gasteiger partial charge >= 0.3 is 22.4 Å². The van der Waals surface area contributed by atoms with Gasteiger partial charge in [-0.25, -0.2) is 15.9 Å². The van der Waals surface area contributed by atoms with Crippen LogP contribution >= 0.6 is 7.92 Å². The largest absolute Gasteiger partial charge is 1.00 e. The van der Waals surface area contributed by atoms with Gasteiger partial charge in [0.15, 0.2) is 5.71 Å². The molecule has 4 rings (SSSR count). The van der Waals surface area contributed by atoms with Gasteiger partial charge in [-0.2, -0.15) is 5.26 Å². The van der Waals surface area contributed by atoms with Crippen LogP contribution in [0.25, 0.3) is 5.41 Å². The molecule has 0 bridgehead atoms. The summed E-state index contributed by atoms with van der Waals surface area (Å²) in [6.45, 7) is 0. The van der Waals surface area contributed by atoms with Crippen molar-refractivity contribution >= 4 is 41.8 Å². The van der Waals surface area contributed by atoms with Crippen molar-refractivity contribution in [2.45, 2.75) is 0 Å². The second-order valence-corrected chi connectivity index (χ2v) is 8.25. The van der Waals surface area contributed by atoms with Gasteiger partial charge in [0.25, 0.3) is 0 Å². The van der Waals surface area contributed by atoms with Crippen LogP contribution in [0.2, 0.25) is 0 Å². The average molecular weight is 577 g/mol. The van der Waals surface area contributed by atoms with Gasteiger partial charge < -0.3 is 5.41 Å². The Bertz CT molecular complexity index is 974. The molecule has 0 unspecified atom stereocenters. The van der Waals surface area contributed by atoms with Gasteiger partial charge in [-0.05, 0) is 36.4 Å². The third-order valence-corrected chi connectivity index (χ3v) is 6.73. The monoisotopic (exact) mass is 577 g/mol. The van der Waals surface area contributed by atoms with Gasteiger partial charge in [0.1, 0.15) is 34.0 Å². The summed E-state index contributed by atoms with van der Waals surface area (Å²) in [6.07, 6.45) is 1.19. The molecule has 6 heteroatoms. The maximum absolute atomic E-state index is 8.23. The fourth-order valence-electron chi connectivity index (χ4n) is 2.74. The molecule has 3 aromatic rings. The second-order valence-electron chi connectivity index (χ2n) is 5.77. The van der Waals surface area contributed by atoms with Crippen molar-refractivity contribution in [2.24, 2.45) is 9.98 Å². The summed E-state index contributed by atoms with van der Waals surface area (Å²) < 4.78 is 0. The molecule has 0 aromatic heterocycles. The molecule has 1 aliphatic heterocycles. The number of aliphatic imine (C=N–C) groups is 2. The molecule has 0 radical (unpaired) electrons. The molecule has 144 valence electrons. The van der Waals surface area contributed by atoms with E-state index in [-0.39, 0.29) is 33.8 Å². The van der Waals surface area contributed by atoms with Crippen LogP contribution in [-0.4, -0.2) is 17.9 Å². The van der Waals surface area contributed by atoms with E-state index < -0.39 is 7.92 Å². The molecule has 0 fully saturated rings. The van der Waals surface area contributed by atoms with Crippen molar-refractivity contribution in [3.8, 4) is 6.07 Å². The standard InChI is InChI=1S/C18H15P.C5HN4.Au/c1-4-10-16(11-5-1)19(17-12-6-2-7-13-17)18-14-8-3-9-15-18;6-1-4-5(2-7)9-3-8-4;/h1-15H;3H;/q;-1;+1/p+1. The van der Waals surface area contributed by atoms with Crippen molar-refractivity contribution in [1.82, 2.24) is 0 Å². The number of hydrogen-bond donors (Lipinski definition) is 0. The molecule has 0 amide bonds. The van der Waals surface area contributed by atoms with Crippen molar-refractivity contribution in [1.29, 1.82) is 5.26 Å². The first-order chi connectivity index (χ1) is 13.8. The van der Waals surface area contributed by atoms with Crippen molar-refractivity contribution < 1.29 is 22.4 Å². The molecule has 0 atom stereocenters. The minimum absolute atomic E-state index is 0. The van der Waals surface area contributed by atoms with E-state index in [1.807, 2.05) is 0 Å². The van der Waals surface area contributed by atoms with E-state index in [0.29, 0.717) is 0 Å². The Morgan fingerprint density at radius 3 is 1.45 bits per heavy atom. The van der Waals surface area contributed by atoms with Gasteiger partial charge in [-0.1, -0.05) is 54.6 Å². The van der Waals surface area contributed by atoms with E-state index >= 15 is 0 Å². The summed E-state index contributed by atoms with van der Waals surface area (Å²) in [5, 5.41) is 20.8. The summed E-state index contributed by atoms with van der Waals surface area (Å²) in [4.78, 5) is 7.02. The minimum atomic E-state index is -0.877. The fraction of sp³-hybridized carbons (Fsp3) is 0. The van der Waals surface area contributed by atoms with Gasteiger partial charge in [0, 0.05) is 0 Å². The minimum Gasteiger partial charge on any atom is -0.761 e. The van der Waals surface area contributed by atoms with E-state index in [9.17, 15) is 0 Å². The van der Waals surface area contributed by atoms with Crippen LogP contribution in [0.15, 0.2) is 107 Å². The molecular formula is C23H17AuN4P+. The van der Waals surface area contributed by atoms with Crippen LogP contribution in [-0.2, 0) is 22.4 Å². The summed E-state index contributed by atoms with van der Waals surface area (Å²) in [5.41, 5.74) is 0.190. The Kier molecular flexibility index (Phi) is 9.15. The van der Waals surface area contributed by atoms with Gasteiger partial charge in [-0.3, -0.25) is 0 Å². The molecule has 0 aliphatic carbocycles. The molecule has 1 heterocycles. The van der Waals surface area contributed by atoms with E-state index in [1.165, 1.54) is 22.3 Å². The predicted molar refractivity (Wildman–Crippen MR) is 120 cm³/mol. The zero-order chi connectivity index (χ0) is 19.6. The first kappa shape index (κ1) is 22.4. The number of benzene rings is 3. The first-order valence-corrected chi connectivity index (χ1v) is 10.1. The molecule has 0 saturated heterocycles. The Balaban J connectivity index is 0.000000255. The van der Waals surface area contributed by atoms with Crippen LogP contribution in [0.3, 0.4) is 0 Å². The van der Waals surface area contributed by atoms with Crippen LogP contribution in [0.5, 0.6) is 0 Å². The molecule has 29 heavy (non-hydrogen) atoms. The predicted octanol–water partition coefficient (Wildman–Crippen LogP) is 3.29. The van der Waals surface area contributed by atoms with Gasteiger partial charge in [0.2, 0.25) is 0 Å². The number of allylic oxidation sites excluding steroid dienone is 1. The Morgan fingerprint density at radius 1 is 0.724 bits per heavy atom. The average Bonchev–Trinajstić information content (AvgIpc) is 3.25. The second kappa shape index (κ2) is 11.8. The first-order valence-electron chi connectivity index (χ1n) is 8.64. The Hall–Kier alpha value is -2.89. The van der Waals surface area contributed by atoms with Crippen molar-refractivity contribution in [3.05, 3.63) is 102 Å². The third-order valence-electron chi connectivity index (χ3n) is 4.00. The number of hydrogen-bond acceptors (Lipinski definition) is 3. The van der Waals surface area contributed by atoms with Crippen LogP contribution in [0.1, 0.15) is 0 Å². The van der Waals surface area contributed by atoms with Gasteiger partial charge in [0.05, 0.1) is 7.92 Å². The summed E-state index contributed by atoms with van der Waals surface area (Å²) in [7, 11) is -0.877. The topological polar surface area (TPSA) is 70.8 Å². The van der Waals surface area contributed by atoms with Crippen molar-refractivity contribution in [2.75, 3.05) is 0 Å². The number of nitrogens with zero attached hydrogens (tertiary/aromatic N) is 4. The van der Waals surface area contributed by atoms with Crippen molar-refractivity contribution in [3.63, 3.8) is 0 Å². The Labute approximate surface area is 187 Å². The quantitative estimate of drug-likeness (QED) is 0.268. The third kappa shape index (κ3) is 6.04. The smallest absolute Gasteiger partial charge is 0.761 e. The van der Waals surface area contributed by atoms with E-state index in [0.717, 1.165) is 0 Å². The summed E-state index contributed by atoms with van der Waals surface area (Å²) >= 11 is 0. The normalized spacial score (nSPS) is 11.4. The van der Waals surface area contributed by atoms with E-state index in [4.69, 9.17) is 10.7 Å². The maximum Gasteiger partial charge on any atom is 1.00 e. The molecule has 1 aliphatic rings. The van der Waals surface area contributed by atoms with Crippen LogP contribution < -0.4 is 15.9 Å². The molecular weight excluding hydrogens is 560 g/mol. The maximum atomic E-state index is 8.23. The molecule has 3 aromatic carbocycles. The zero-order valence-electron chi connectivity index (χ0n) is 15.3. The summed E-state index contributed by atoms with van der Waals surface area (Å²) in [6, 6.07) is 34.2. The molecule has 4 nitrogen and oxygen atoms in total. The number of rotatable bonds is 3. The fourth-order valence-corrected chi connectivity index (χ4v) is 5.32. The van der Waals surface area contributed by atoms with E-state index in [1.54, 1.807) is 11.9 Å². The molecule has 0 saturated carbocycles. The Morgan fingerprint density at radius 2 is 1.14 bits per heavy atom. The molecule has 0 N–H and O–H groups in total. The molecule has 0 spiro atoms. The number of nitriles is 1. The zero-order valence-corrected chi connectivity index (χ0v) is 18.5. The summed E-state index contributed by atoms with van der Waals surface area (Å²) in [5.74, 6) is 1.73. The van der Waals surface area contributed by atoms with Crippen LogP contribution in [0, 0.1) is 11.3 Å². The van der Waals surface area contributed by atoms with Gasteiger partial charge in [-0.15, -0.1) is 0 Å². The SMILES string of the molecule is N#CC1=NC=NC1=C=[N-].[Au+].c1ccc([PH+](c2ccccc2)c2ccccc2)cc1. The van der Waals surface area contributed by atoms with E-state index in [2.05, 4.69) is 101 Å².